The van der Waals surface area contributed by atoms with Crippen molar-refractivity contribution in [1.29, 1.82) is 0 Å². The van der Waals surface area contributed by atoms with Crippen LogP contribution in [0.4, 0.5) is 17.1 Å². The molecule has 32 heavy (non-hydrogen) atoms. The summed E-state index contributed by atoms with van der Waals surface area (Å²) in [5, 5.41) is 0. The number of fused-ring (bicyclic) bond motifs is 1. The van der Waals surface area contributed by atoms with E-state index < -0.39 is 0 Å². The molecule has 2 aliphatic rings. The van der Waals surface area contributed by atoms with Crippen molar-refractivity contribution in [2.24, 2.45) is 0 Å². The number of nitrogens with zero attached hydrogens (tertiary/aromatic N) is 3. The Kier molecular flexibility index (Phi) is 5.02. The van der Waals surface area contributed by atoms with Crippen molar-refractivity contribution >= 4 is 34.4 Å². The predicted molar refractivity (Wildman–Crippen MR) is 129 cm³/mol. The highest BCUT2D eigenvalue weighted by Gasteiger charge is 2.43. The minimum Gasteiger partial charge on any atom is -0.378 e. The monoisotopic (exact) mass is 423 g/mol. The fourth-order valence-electron chi connectivity index (χ4n) is 4.54. The number of amides is 2. The third-order valence-electron chi connectivity index (χ3n) is 6.11. The number of anilines is 3. The fraction of sp³-hybridized carbons (Fsp3) is 0.185. The number of carbonyl (C=O) groups excluding carboxylic acids is 2. The molecule has 2 amide bonds. The molecule has 3 aromatic rings. The molecule has 2 heterocycles. The second-order valence-corrected chi connectivity index (χ2v) is 8.33. The van der Waals surface area contributed by atoms with Gasteiger partial charge in [-0.1, -0.05) is 54.6 Å². The maximum Gasteiger partial charge on any atom is 0.282 e. The number of imide groups is 1. The quantitative estimate of drug-likeness (QED) is 0.580. The van der Waals surface area contributed by atoms with Gasteiger partial charge in [0.05, 0.1) is 11.3 Å². The molecule has 0 unspecified atom stereocenters. The summed E-state index contributed by atoms with van der Waals surface area (Å²) in [4.78, 5) is 33.0. The Balaban J connectivity index is 1.68. The Morgan fingerprint density at radius 3 is 2.34 bits per heavy atom. The van der Waals surface area contributed by atoms with Gasteiger partial charge < -0.3 is 9.80 Å². The zero-order chi connectivity index (χ0) is 22.2. The normalized spacial score (nSPS) is 15.9. The van der Waals surface area contributed by atoms with E-state index in [2.05, 4.69) is 6.07 Å². The van der Waals surface area contributed by atoms with Crippen molar-refractivity contribution < 1.29 is 9.59 Å². The van der Waals surface area contributed by atoms with Crippen LogP contribution in [0.1, 0.15) is 17.5 Å². The van der Waals surface area contributed by atoms with Crippen LogP contribution in [0.3, 0.4) is 0 Å². The molecule has 0 fully saturated rings. The fourth-order valence-corrected chi connectivity index (χ4v) is 4.54. The van der Waals surface area contributed by atoms with E-state index in [1.54, 1.807) is 0 Å². The molecule has 0 atom stereocenters. The lowest BCUT2D eigenvalue weighted by molar-refractivity contribution is -0.120. The van der Waals surface area contributed by atoms with E-state index in [9.17, 15) is 9.59 Å². The zero-order valence-electron chi connectivity index (χ0n) is 18.3. The first-order valence-corrected chi connectivity index (χ1v) is 10.9. The molecular formula is C27H25N3O2. The second-order valence-electron chi connectivity index (χ2n) is 8.33. The first-order chi connectivity index (χ1) is 15.6. The average Bonchev–Trinajstić information content (AvgIpc) is 3.09. The molecule has 0 aromatic heterocycles. The van der Waals surface area contributed by atoms with E-state index >= 15 is 0 Å². The first-order valence-electron chi connectivity index (χ1n) is 10.9. The standard InChI is InChI=1S/C27H25N3O2/c1-28(2)21-14-8-15-22(18-21)30-26(31)24(20-11-4-3-5-12-20)25(27(30)32)29-17-9-13-19-10-6-7-16-23(19)29/h3-8,10-12,14-16,18H,9,13,17H2,1-2H3. The highest BCUT2D eigenvalue weighted by Crippen LogP contribution is 2.39. The van der Waals surface area contributed by atoms with Crippen LogP contribution in [0.15, 0.2) is 84.6 Å². The minimum absolute atomic E-state index is 0.276. The topological polar surface area (TPSA) is 43.9 Å². The van der Waals surface area contributed by atoms with E-state index in [1.165, 1.54) is 10.5 Å². The molecule has 0 saturated heterocycles. The van der Waals surface area contributed by atoms with Crippen molar-refractivity contribution in [3.8, 4) is 0 Å². The lowest BCUT2D eigenvalue weighted by Gasteiger charge is -2.32. The number of hydrogen-bond donors (Lipinski definition) is 0. The van der Waals surface area contributed by atoms with Crippen molar-refractivity contribution in [1.82, 2.24) is 0 Å². The Bertz CT molecular complexity index is 1230. The Labute approximate surface area is 188 Å². The van der Waals surface area contributed by atoms with Gasteiger partial charge in [-0.15, -0.1) is 0 Å². The van der Waals surface area contributed by atoms with Crippen LogP contribution in [-0.4, -0.2) is 32.5 Å². The third-order valence-corrected chi connectivity index (χ3v) is 6.11. The van der Waals surface area contributed by atoms with Gasteiger partial charge in [0.25, 0.3) is 11.8 Å². The van der Waals surface area contributed by atoms with E-state index in [4.69, 9.17) is 0 Å². The van der Waals surface area contributed by atoms with Gasteiger partial charge in [0, 0.05) is 32.0 Å². The summed E-state index contributed by atoms with van der Waals surface area (Å²) in [6.45, 7) is 0.702. The van der Waals surface area contributed by atoms with Crippen LogP contribution >= 0.6 is 0 Å². The third kappa shape index (κ3) is 3.26. The molecule has 0 bridgehead atoms. The van der Waals surface area contributed by atoms with Gasteiger partial charge in [-0.05, 0) is 48.2 Å². The maximum atomic E-state index is 13.9. The highest BCUT2D eigenvalue weighted by molar-refractivity contribution is 6.46. The first kappa shape index (κ1) is 20.1. The van der Waals surface area contributed by atoms with Gasteiger partial charge in [-0.2, -0.15) is 0 Å². The van der Waals surface area contributed by atoms with Gasteiger partial charge in [-0.25, -0.2) is 4.90 Å². The maximum absolute atomic E-state index is 13.9. The molecule has 0 spiro atoms. The molecule has 0 radical (unpaired) electrons. The number of benzene rings is 3. The summed E-state index contributed by atoms with van der Waals surface area (Å²) < 4.78 is 0. The van der Waals surface area contributed by atoms with E-state index in [1.807, 2.05) is 96.7 Å². The van der Waals surface area contributed by atoms with Gasteiger partial charge in [-0.3, -0.25) is 9.59 Å². The Morgan fingerprint density at radius 2 is 1.56 bits per heavy atom. The molecule has 5 heteroatoms. The Morgan fingerprint density at radius 1 is 0.812 bits per heavy atom. The van der Waals surface area contributed by atoms with Crippen LogP contribution in [0.25, 0.3) is 5.57 Å². The van der Waals surface area contributed by atoms with Gasteiger partial charge >= 0.3 is 0 Å². The molecule has 5 nitrogen and oxygen atoms in total. The summed E-state index contributed by atoms with van der Waals surface area (Å²) in [5.41, 5.74) is 5.40. The van der Waals surface area contributed by atoms with Gasteiger partial charge in [0.1, 0.15) is 5.70 Å². The van der Waals surface area contributed by atoms with Crippen LogP contribution < -0.4 is 14.7 Å². The Hall–Kier alpha value is -3.86. The molecule has 0 aliphatic carbocycles. The van der Waals surface area contributed by atoms with E-state index in [0.29, 0.717) is 23.5 Å². The van der Waals surface area contributed by atoms with Crippen LogP contribution in [-0.2, 0) is 16.0 Å². The van der Waals surface area contributed by atoms with Gasteiger partial charge in [0.15, 0.2) is 0 Å². The van der Waals surface area contributed by atoms with Crippen molar-refractivity contribution in [3.05, 3.63) is 95.7 Å². The van der Waals surface area contributed by atoms with Crippen LogP contribution in [0.5, 0.6) is 0 Å². The molecule has 0 saturated carbocycles. The molecule has 2 aliphatic heterocycles. The molecule has 3 aromatic carbocycles. The van der Waals surface area contributed by atoms with E-state index in [0.717, 1.165) is 29.8 Å². The summed E-state index contributed by atoms with van der Waals surface area (Å²) in [6, 6.07) is 25.2. The smallest absolute Gasteiger partial charge is 0.282 e. The molecule has 0 N–H and O–H groups in total. The lowest BCUT2D eigenvalue weighted by Crippen LogP contribution is -2.37. The number of aryl methyl sites for hydroxylation is 1. The van der Waals surface area contributed by atoms with Crippen LogP contribution in [0.2, 0.25) is 0 Å². The summed E-state index contributed by atoms with van der Waals surface area (Å²) >= 11 is 0. The number of carbonyl (C=O) groups is 2. The van der Waals surface area contributed by atoms with Crippen molar-refractivity contribution in [2.75, 3.05) is 35.3 Å². The zero-order valence-corrected chi connectivity index (χ0v) is 18.3. The molecule has 160 valence electrons. The van der Waals surface area contributed by atoms with E-state index in [-0.39, 0.29) is 11.8 Å². The van der Waals surface area contributed by atoms with Crippen molar-refractivity contribution in [2.45, 2.75) is 12.8 Å². The summed E-state index contributed by atoms with van der Waals surface area (Å²) in [6.07, 6.45) is 1.90. The number of para-hydroxylation sites is 1. The number of rotatable bonds is 4. The van der Waals surface area contributed by atoms with Crippen LogP contribution in [0, 0.1) is 0 Å². The van der Waals surface area contributed by atoms with Gasteiger partial charge in [0.2, 0.25) is 0 Å². The number of hydrogen-bond acceptors (Lipinski definition) is 4. The highest BCUT2D eigenvalue weighted by atomic mass is 16.2. The SMILES string of the molecule is CN(C)c1cccc(N2C(=O)C(c3ccccc3)=C(N3CCCc4ccccc43)C2=O)c1. The molecule has 5 rings (SSSR count). The predicted octanol–water partition coefficient (Wildman–Crippen LogP) is 4.49. The minimum atomic E-state index is -0.282. The summed E-state index contributed by atoms with van der Waals surface area (Å²) in [7, 11) is 3.88. The molecular weight excluding hydrogens is 398 g/mol. The van der Waals surface area contributed by atoms with Crippen molar-refractivity contribution in [3.63, 3.8) is 0 Å². The summed E-state index contributed by atoms with van der Waals surface area (Å²) in [5.74, 6) is -0.559. The second kappa shape index (κ2) is 8.00. The largest absolute Gasteiger partial charge is 0.378 e. The lowest BCUT2D eigenvalue weighted by atomic mass is 9.98. The average molecular weight is 424 g/mol.